The number of ether oxygens (including phenoxy) is 2. The van der Waals surface area contributed by atoms with Crippen molar-refractivity contribution in [1.82, 2.24) is 0 Å². The van der Waals surface area contributed by atoms with Gasteiger partial charge >= 0.3 is 11.9 Å². The van der Waals surface area contributed by atoms with Crippen LogP contribution in [0.25, 0.3) is 0 Å². The van der Waals surface area contributed by atoms with Gasteiger partial charge in [0.25, 0.3) is 0 Å². The second-order valence-electron chi connectivity index (χ2n) is 5.43. The number of carbonyl (C=O) groups excluding carboxylic acids is 2. The van der Waals surface area contributed by atoms with E-state index >= 15 is 0 Å². The minimum Gasteiger partial charge on any atom is -0.465 e. The Hall–Kier alpha value is 0.290. The second-order valence-corrected chi connectivity index (χ2v) is 8.59. The molecule has 0 N–H and O–H groups in total. The van der Waals surface area contributed by atoms with E-state index in [2.05, 4.69) is 15.9 Å². The minimum atomic E-state index is -1.43. The van der Waals surface area contributed by atoms with E-state index < -0.39 is 21.1 Å². The molecule has 1 fully saturated rings. The Labute approximate surface area is 154 Å². The summed E-state index contributed by atoms with van der Waals surface area (Å²) in [4.78, 5) is 24.8. The lowest BCUT2D eigenvalue weighted by atomic mass is 9.84. The largest absolute Gasteiger partial charge is 0.465 e. The SMILES string of the molecule is CCOC(=O)C1(C(=O)OCC)C[C@@H](CBr)[C@H](CC(Cl)(Cl)Cl)C1. The van der Waals surface area contributed by atoms with Gasteiger partial charge in [0.05, 0.1) is 13.2 Å². The van der Waals surface area contributed by atoms with Crippen molar-refractivity contribution in [2.45, 2.75) is 36.9 Å². The Bertz CT molecular complexity index is 393. The van der Waals surface area contributed by atoms with Gasteiger partial charge in [0, 0.05) is 5.33 Å². The van der Waals surface area contributed by atoms with Gasteiger partial charge in [-0.2, -0.15) is 0 Å². The monoisotopic (exact) mass is 436 g/mol. The lowest BCUT2D eigenvalue weighted by Crippen LogP contribution is -2.40. The molecule has 0 bridgehead atoms. The van der Waals surface area contributed by atoms with Crippen LogP contribution in [0.3, 0.4) is 0 Å². The van der Waals surface area contributed by atoms with Crippen LogP contribution in [0.15, 0.2) is 0 Å². The maximum atomic E-state index is 12.4. The van der Waals surface area contributed by atoms with Crippen molar-refractivity contribution < 1.29 is 19.1 Å². The molecular weight excluding hydrogens is 418 g/mol. The highest BCUT2D eigenvalue weighted by atomic mass is 79.9. The molecule has 0 aromatic carbocycles. The molecule has 8 heteroatoms. The topological polar surface area (TPSA) is 52.6 Å². The molecule has 0 unspecified atom stereocenters. The summed E-state index contributed by atoms with van der Waals surface area (Å²) in [6.07, 6.45) is 0.880. The van der Waals surface area contributed by atoms with Crippen molar-refractivity contribution in [2.75, 3.05) is 18.5 Å². The summed E-state index contributed by atoms with van der Waals surface area (Å²) in [6, 6.07) is 0. The highest BCUT2D eigenvalue weighted by molar-refractivity contribution is 9.09. The van der Waals surface area contributed by atoms with Crippen LogP contribution in [-0.4, -0.2) is 34.3 Å². The third-order valence-corrected chi connectivity index (χ3v) is 5.21. The van der Waals surface area contributed by atoms with Gasteiger partial charge < -0.3 is 9.47 Å². The number of esters is 2. The molecule has 128 valence electrons. The van der Waals surface area contributed by atoms with E-state index in [9.17, 15) is 9.59 Å². The molecular formula is C14H20BrCl3O4. The molecule has 1 aliphatic rings. The maximum absolute atomic E-state index is 12.4. The molecule has 0 amide bonds. The standard InChI is InChI=1S/C14H20BrCl3O4/c1-3-21-11(19)13(12(20)22-4-2)5-9(7-14(16,17)18)10(6-13)8-15/h9-10H,3-8H2,1-2H3/t9-,10-/m0/s1. The lowest BCUT2D eigenvalue weighted by Gasteiger charge is -2.25. The van der Waals surface area contributed by atoms with Gasteiger partial charge in [-0.3, -0.25) is 9.59 Å². The highest BCUT2D eigenvalue weighted by Gasteiger charge is 2.57. The Morgan fingerprint density at radius 1 is 1.09 bits per heavy atom. The van der Waals surface area contributed by atoms with Crippen LogP contribution in [0.4, 0.5) is 0 Å². The third-order valence-electron chi connectivity index (χ3n) is 3.91. The van der Waals surface area contributed by atoms with Crippen LogP contribution in [0.5, 0.6) is 0 Å². The average Bonchev–Trinajstić information content (AvgIpc) is 2.77. The Morgan fingerprint density at radius 3 is 1.91 bits per heavy atom. The number of halogens is 4. The highest BCUT2D eigenvalue weighted by Crippen LogP contribution is 2.52. The smallest absolute Gasteiger partial charge is 0.323 e. The van der Waals surface area contributed by atoms with Crippen molar-refractivity contribution in [3.05, 3.63) is 0 Å². The quantitative estimate of drug-likeness (QED) is 0.353. The van der Waals surface area contributed by atoms with Crippen molar-refractivity contribution >= 4 is 62.7 Å². The molecule has 2 atom stereocenters. The first-order valence-electron chi connectivity index (χ1n) is 7.17. The van der Waals surface area contributed by atoms with Crippen LogP contribution < -0.4 is 0 Å². The van der Waals surface area contributed by atoms with Crippen molar-refractivity contribution in [1.29, 1.82) is 0 Å². The van der Waals surface area contributed by atoms with Crippen LogP contribution in [0.2, 0.25) is 0 Å². The zero-order valence-corrected chi connectivity index (χ0v) is 16.4. The van der Waals surface area contributed by atoms with Crippen LogP contribution in [-0.2, 0) is 19.1 Å². The number of alkyl halides is 4. The van der Waals surface area contributed by atoms with E-state index in [-0.39, 0.29) is 37.9 Å². The fourth-order valence-electron chi connectivity index (χ4n) is 2.98. The maximum Gasteiger partial charge on any atom is 0.323 e. The van der Waals surface area contributed by atoms with E-state index in [0.717, 1.165) is 0 Å². The first kappa shape index (κ1) is 20.3. The summed E-state index contributed by atoms with van der Waals surface area (Å²) in [6.45, 7) is 3.81. The van der Waals surface area contributed by atoms with Crippen LogP contribution in [0, 0.1) is 17.3 Å². The van der Waals surface area contributed by atoms with Crippen LogP contribution in [0.1, 0.15) is 33.1 Å². The molecule has 1 saturated carbocycles. The molecule has 0 aromatic heterocycles. The van der Waals surface area contributed by atoms with Gasteiger partial charge in [0.1, 0.15) is 0 Å². The summed E-state index contributed by atoms with van der Waals surface area (Å²) in [5.41, 5.74) is -1.30. The van der Waals surface area contributed by atoms with Gasteiger partial charge in [-0.15, -0.1) is 0 Å². The summed E-state index contributed by atoms with van der Waals surface area (Å²) in [7, 11) is 0. The predicted molar refractivity (Wildman–Crippen MR) is 90.6 cm³/mol. The van der Waals surface area contributed by atoms with E-state index in [4.69, 9.17) is 44.3 Å². The fourth-order valence-corrected chi connectivity index (χ4v) is 4.34. The summed E-state index contributed by atoms with van der Waals surface area (Å²) in [5, 5.41) is 0.610. The van der Waals surface area contributed by atoms with Gasteiger partial charge in [-0.25, -0.2) is 0 Å². The third kappa shape index (κ3) is 4.89. The molecule has 4 nitrogen and oxygen atoms in total. The molecule has 0 aromatic rings. The second kappa shape index (κ2) is 8.41. The Morgan fingerprint density at radius 2 is 1.55 bits per heavy atom. The normalized spacial score (nSPS) is 24.1. The molecule has 0 spiro atoms. The summed E-state index contributed by atoms with van der Waals surface area (Å²) < 4.78 is 8.80. The van der Waals surface area contributed by atoms with E-state index in [0.29, 0.717) is 11.8 Å². The molecule has 1 aliphatic carbocycles. The molecule has 0 radical (unpaired) electrons. The van der Waals surface area contributed by atoms with Gasteiger partial charge in [-0.05, 0) is 44.9 Å². The average molecular weight is 439 g/mol. The van der Waals surface area contributed by atoms with Crippen molar-refractivity contribution in [2.24, 2.45) is 17.3 Å². The van der Waals surface area contributed by atoms with Crippen molar-refractivity contribution in [3.8, 4) is 0 Å². The zero-order valence-electron chi connectivity index (χ0n) is 12.5. The van der Waals surface area contributed by atoms with Gasteiger partial charge in [0.15, 0.2) is 9.21 Å². The number of hydrogen-bond acceptors (Lipinski definition) is 4. The molecule has 0 heterocycles. The van der Waals surface area contributed by atoms with E-state index in [1.807, 2.05) is 0 Å². The van der Waals surface area contributed by atoms with E-state index in [1.54, 1.807) is 13.8 Å². The summed E-state index contributed by atoms with van der Waals surface area (Å²) >= 11 is 21.1. The molecule has 1 rings (SSSR count). The van der Waals surface area contributed by atoms with E-state index in [1.165, 1.54) is 0 Å². The summed E-state index contributed by atoms with van der Waals surface area (Å²) in [5.74, 6) is -1.15. The number of hydrogen-bond donors (Lipinski definition) is 0. The first-order valence-corrected chi connectivity index (χ1v) is 9.42. The molecule has 0 saturated heterocycles. The van der Waals surface area contributed by atoms with Gasteiger partial charge in [0.2, 0.25) is 0 Å². The Balaban J connectivity index is 3.07. The predicted octanol–water partition coefficient (Wildman–Crippen LogP) is 4.28. The van der Waals surface area contributed by atoms with Crippen LogP contribution >= 0.6 is 50.7 Å². The Kier molecular flexibility index (Phi) is 7.77. The zero-order chi connectivity index (χ0) is 17.0. The molecule has 0 aliphatic heterocycles. The minimum absolute atomic E-state index is 0.0319. The first-order chi connectivity index (χ1) is 10.2. The van der Waals surface area contributed by atoms with Gasteiger partial charge in [-0.1, -0.05) is 50.7 Å². The van der Waals surface area contributed by atoms with Crippen molar-refractivity contribution in [3.63, 3.8) is 0 Å². The lowest BCUT2D eigenvalue weighted by molar-refractivity contribution is -0.172. The number of carbonyl (C=O) groups is 2. The molecule has 22 heavy (non-hydrogen) atoms. The fraction of sp³-hybridized carbons (Fsp3) is 0.857. The number of rotatable bonds is 6.